The van der Waals surface area contributed by atoms with Crippen LogP contribution in [0.2, 0.25) is 10.0 Å². The molecule has 0 saturated carbocycles. The van der Waals surface area contributed by atoms with Crippen molar-refractivity contribution in [3.63, 3.8) is 0 Å². The molecule has 0 aliphatic carbocycles. The topological polar surface area (TPSA) is 94.0 Å². The van der Waals surface area contributed by atoms with E-state index in [2.05, 4.69) is 16.0 Å². The third kappa shape index (κ3) is 8.37. The molecule has 0 radical (unpaired) electrons. The van der Waals surface area contributed by atoms with Crippen LogP contribution >= 0.6 is 35.0 Å². The van der Waals surface area contributed by atoms with Crippen LogP contribution in [0.4, 0.5) is 11.4 Å². The summed E-state index contributed by atoms with van der Waals surface area (Å²) in [5.41, 5.74) is 3.01. The number of halogens is 2. The van der Waals surface area contributed by atoms with Crippen molar-refractivity contribution < 1.29 is 9.59 Å². The van der Waals surface area contributed by atoms with Crippen molar-refractivity contribution in [3.8, 4) is 6.07 Å². The van der Waals surface area contributed by atoms with E-state index in [4.69, 9.17) is 23.2 Å². The minimum absolute atomic E-state index is 0.00118. The first-order valence-corrected chi connectivity index (χ1v) is 12.3. The highest BCUT2D eigenvalue weighted by Gasteiger charge is 2.18. The first-order chi connectivity index (χ1) is 16.8. The van der Waals surface area contributed by atoms with E-state index < -0.39 is 5.91 Å². The highest BCUT2D eigenvalue weighted by Crippen LogP contribution is 2.24. The van der Waals surface area contributed by atoms with Gasteiger partial charge in [-0.3, -0.25) is 9.59 Å². The molecule has 0 aliphatic heterocycles. The Morgan fingerprint density at radius 1 is 0.857 bits per heavy atom. The number of hydrogen-bond donors (Lipinski definition) is 3. The molecule has 0 aliphatic rings. The molecule has 0 aromatic heterocycles. The number of amides is 2. The molecule has 0 unspecified atom stereocenters. The van der Waals surface area contributed by atoms with Gasteiger partial charge in [-0.25, -0.2) is 0 Å². The lowest BCUT2D eigenvalue weighted by Gasteiger charge is -2.14. The SMILES string of the molecule is Cc1ccc(N/C(SCC(=O)NCc2ccc(Cl)cc2)=C(/C#N)C(=O)Nc2ccc(Cl)cc2)cc1. The molecular weight excluding hydrogens is 503 g/mol. The van der Waals surface area contributed by atoms with Gasteiger partial charge in [0.2, 0.25) is 5.91 Å². The molecule has 0 heterocycles. The molecule has 178 valence electrons. The van der Waals surface area contributed by atoms with Crippen LogP contribution in [0, 0.1) is 18.3 Å². The maximum atomic E-state index is 12.9. The smallest absolute Gasteiger partial charge is 0.269 e. The minimum Gasteiger partial charge on any atom is -0.351 e. The minimum atomic E-state index is -0.599. The van der Waals surface area contributed by atoms with Crippen LogP contribution in [-0.4, -0.2) is 17.6 Å². The molecule has 3 rings (SSSR count). The van der Waals surface area contributed by atoms with E-state index in [1.807, 2.05) is 49.4 Å². The van der Waals surface area contributed by atoms with Crippen LogP contribution in [0.1, 0.15) is 11.1 Å². The van der Waals surface area contributed by atoms with Gasteiger partial charge in [-0.2, -0.15) is 5.26 Å². The third-order valence-electron chi connectivity index (χ3n) is 4.73. The number of nitrogens with one attached hydrogen (secondary N) is 3. The Labute approximate surface area is 218 Å². The zero-order chi connectivity index (χ0) is 25.2. The number of benzene rings is 3. The Hall–Kier alpha value is -3.44. The molecule has 3 N–H and O–H groups in total. The number of thioether (sulfide) groups is 1. The number of carbonyl (C=O) groups excluding carboxylic acids is 2. The van der Waals surface area contributed by atoms with E-state index in [9.17, 15) is 14.9 Å². The Morgan fingerprint density at radius 2 is 1.40 bits per heavy atom. The number of carbonyl (C=O) groups is 2. The van der Waals surface area contributed by atoms with Gasteiger partial charge in [0.05, 0.1) is 10.8 Å². The summed E-state index contributed by atoms with van der Waals surface area (Å²) in [6, 6.07) is 23.2. The van der Waals surface area contributed by atoms with Crippen LogP contribution in [0.3, 0.4) is 0 Å². The van der Waals surface area contributed by atoms with Crippen LogP contribution in [-0.2, 0) is 16.1 Å². The molecule has 0 spiro atoms. The predicted octanol–water partition coefficient (Wildman–Crippen LogP) is 6.14. The lowest BCUT2D eigenvalue weighted by Crippen LogP contribution is -2.25. The third-order valence-corrected chi connectivity index (χ3v) is 6.23. The monoisotopic (exact) mass is 524 g/mol. The van der Waals surface area contributed by atoms with Crippen molar-refractivity contribution >= 4 is 58.2 Å². The van der Waals surface area contributed by atoms with E-state index >= 15 is 0 Å². The number of rotatable bonds is 9. The molecule has 35 heavy (non-hydrogen) atoms. The highest BCUT2D eigenvalue weighted by molar-refractivity contribution is 8.03. The quantitative estimate of drug-likeness (QED) is 0.231. The lowest BCUT2D eigenvalue weighted by atomic mass is 10.2. The fourth-order valence-electron chi connectivity index (χ4n) is 2.86. The second-order valence-corrected chi connectivity index (χ2v) is 9.32. The lowest BCUT2D eigenvalue weighted by molar-refractivity contribution is -0.118. The van der Waals surface area contributed by atoms with Crippen molar-refractivity contribution in [3.05, 3.63) is 105 Å². The number of nitrogens with zero attached hydrogens (tertiary/aromatic N) is 1. The molecule has 3 aromatic rings. The molecule has 0 saturated heterocycles. The van der Waals surface area contributed by atoms with E-state index in [0.717, 1.165) is 22.9 Å². The summed E-state index contributed by atoms with van der Waals surface area (Å²) in [6.45, 7) is 2.30. The molecule has 0 atom stereocenters. The normalized spacial score (nSPS) is 11.1. The van der Waals surface area contributed by atoms with E-state index in [0.29, 0.717) is 28.0 Å². The summed E-state index contributed by atoms with van der Waals surface area (Å²) in [6.07, 6.45) is 0. The number of hydrogen-bond acceptors (Lipinski definition) is 5. The zero-order valence-electron chi connectivity index (χ0n) is 18.8. The fraction of sp³-hybridized carbons (Fsp3) is 0.115. The standard InChI is InChI=1S/C26H22Cl2N4O2S/c1-17-2-10-22(11-3-17)32-26(23(14-29)25(34)31-21-12-8-20(28)9-13-21)35-16-24(33)30-15-18-4-6-19(27)7-5-18/h2-13,32H,15-16H2,1H3,(H,30,33)(H,31,34)/b26-23+. The average Bonchev–Trinajstić information content (AvgIpc) is 2.85. The number of anilines is 2. The molecule has 2 amide bonds. The van der Waals surface area contributed by atoms with Crippen molar-refractivity contribution in [1.29, 1.82) is 5.26 Å². The van der Waals surface area contributed by atoms with Gasteiger partial charge in [0, 0.05) is 28.0 Å². The van der Waals surface area contributed by atoms with Gasteiger partial charge < -0.3 is 16.0 Å². The van der Waals surface area contributed by atoms with E-state index in [1.165, 1.54) is 0 Å². The van der Waals surface area contributed by atoms with Gasteiger partial charge in [-0.15, -0.1) is 0 Å². The molecular formula is C26H22Cl2N4O2S. The van der Waals surface area contributed by atoms with E-state index in [-0.39, 0.29) is 22.3 Å². The van der Waals surface area contributed by atoms with Gasteiger partial charge in [-0.1, -0.05) is 64.8 Å². The summed E-state index contributed by atoms with van der Waals surface area (Å²) in [5, 5.41) is 19.8. The first kappa shape index (κ1) is 26.2. The summed E-state index contributed by atoms with van der Waals surface area (Å²) < 4.78 is 0. The number of aryl methyl sites for hydroxylation is 1. The molecule has 6 nitrogen and oxygen atoms in total. The van der Waals surface area contributed by atoms with Crippen LogP contribution in [0.5, 0.6) is 0 Å². The summed E-state index contributed by atoms with van der Waals surface area (Å²) in [7, 11) is 0. The maximum absolute atomic E-state index is 12.9. The highest BCUT2D eigenvalue weighted by atomic mass is 35.5. The zero-order valence-corrected chi connectivity index (χ0v) is 21.1. The maximum Gasteiger partial charge on any atom is 0.269 e. The summed E-state index contributed by atoms with van der Waals surface area (Å²) >= 11 is 12.9. The molecule has 0 bridgehead atoms. The Kier molecular flexibility index (Phi) is 9.62. The first-order valence-electron chi connectivity index (χ1n) is 10.5. The van der Waals surface area contributed by atoms with Crippen molar-refractivity contribution in [1.82, 2.24) is 5.32 Å². The Bertz CT molecular complexity index is 1250. The Morgan fingerprint density at radius 3 is 2.00 bits per heavy atom. The van der Waals surface area contributed by atoms with Crippen LogP contribution in [0.15, 0.2) is 83.4 Å². The van der Waals surface area contributed by atoms with Crippen molar-refractivity contribution in [2.24, 2.45) is 0 Å². The molecule has 9 heteroatoms. The average molecular weight is 525 g/mol. The predicted molar refractivity (Wildman–Crippen MR) is 143 cm³/mol. The second-order valence-electron chi connectivity index (χ2n) is 7.46. The molecule has 0 fully saturated rings. The number of nitriles is 1. The van der Waals surface area contributed by atoms with Crippen LogP contribution < -0.4 is 16.0 Å². The van der Waals surface area contributed by atoms with Crippen LogP contribution in [0.25, 0.3) is 0 Å². The van der Waals surface area contributed by atoms with Gasteiger partial charge in [0.25, 0.3) is 5.91 Å². The van der Waals surface area contributed by atoms with Gasteiger partial charge in [0.1, 0.15) is 11.6 Å². The largest absolute Gasteiger partial charge is 0.351 e. The van der Waals surface area contributed by atoms with Gasteiger partial charge in [-0.05, 0) is 61.0 Å². The van der Waals surface area contributed by atoms with Crippen molar-refractivity contribution in [2.75, 3.05) is 16.4 Å². The second kappa shape index (κ2) is 12.9. The summed E-state index contributed by atoms with van der Waals surface area (Å²) in [4.78, 5) is 25.4. The fourth-order valence-corrected chi connectivity index (χ4v) is 3.96. The Balaban J connectivity index is 1.75. The van der Waals surface area contributed by atoms with Gasteiger partial charge >= 0.3 is 0 Å². The van der Waals surface area contributed by atoms with E-state index in [1.54, 1.807) is 36.4 Å². The molecule has 3 aromatic carbocycles. The van der Waals surface area contributed by atoms with Crippen molar-refractivity contribution in [2.45, 2.75) is 13.5 Å². The summed E-state index contributed by atoms with van der Waals surface area (Å²) in [5.74, 6) is -0.844. The van der Waals surface area contributed by atoms with Gasteiger partial charge in [0.15, 0.2) is 0 Å².